The van der Waals surface area contributed by atoms with Crippen molar-refractivity contribution in [1.29, 1.82) is 0 Å². The van der Waals surface area contributed by atoms with Crippen LogP contribution in [0, 0.1) is 0 Å². The summed E-state index contributed by atoms with van der Waals surface area (Å²) >= 11 is 0. The van der Waals surface area contributed by atoms with Crippen molar-refractivity contribution in [3.8, 4) is 0 Å². The molecule has 0 spiro atoms. The van der Waals surface area contributed by atoms with Crippen molar-refractivity contribution in [3.63, 3.8) is 0 Å². The van der Waals surface area contributed by atoms with Crippen molar-refractivity contribution in [2.24, 2.45) is 0 Å². The maximum absolute atomic E-state index is 11.3. The van der Waals surface area contributed by atoms with E-state index >= 15 is 0 Å². The summed E-state index contributed by atoms with van der Waals surface area (Å²) in [6.07, 6.45) is 1.88. The van der Waals surface area contributed by atoms with Gasteiger partial charge >= 0.3 is 5.97 Å². The summed E-state index contributed by atoms with van der Waals surface area (Å²) in [5.74, 6) is -0.965. The van der Waals surface area contributed by atoms with Gasteiger partial charge in [0.1, 0.15) is 11.8 Å². The molecule has 0 amide bonds. The summed E-state index contributed by atoms with van der Waals surface area (Å²) in [7, 11) is 0. The van der Waals surface area contributed by atoms with Crippen molar-refractivity contribution in [3.05, 3.63) is 11.8 Å². The number of ketones is 1. The molecule has 80 valence electrons. The van der Waals surface area contributed by atoms with E-state index in [0.717, 1.165) is 12.7 Å². The van der Waals surface area contributed by atoms with E-state index in [0.29, 0.717) is 13.2 Å². The quantitative estimate of drug-likeness (QED) is 0.214. The van der Waals surface area contributed by atoms with Gasteiger partial charge in [-0.25, -0.2) is 4.79 Å². The molecule has 4 nitrogen and oxygen atoms in total. The van der Waals surface area contributed by atoms with E-state index in [2.05, 4.69) is 0 Å². The lowest BCUT2D eigenvalue weighted by Crippen LogP contribution is -2.14. The Kier molecular flexibility index (Phi) is 6.45. The zero-order valence-electron chi connectivity index (χ0n) is 8.83. The second-order valence-corrected chi connectivity index (χ2v) is 2.68. The molecular formula is C10H16O4. The summed E-state index contributed by atoms with van der Waals surface area (Å²) in [5, 5.41) is 0. The van der Waals surface area contributed by atoms with E-state index < -0.39 is 5.97 Å². The lowest BCUT2D eigenvalue weighted by Gasteiger charge is -2.04. The Morgan fingerprint density at radius 3 is 2.36 bits per heavy atom. The van der Waals surface area contributed by atoms with E-state index in [-0.39, 0.29) is 11.4 Å². The molecule has 0 rings (SSSR count). The van der Waals surface area contributed by atoms with E-state index in [9.17, 15) is 9.59 Å². The minimum Gasteiger partial charge on any atom is -0.500 e. The van der Waals surface area contributed by atoms with Gasteiger partial charge in [-0.05, 0) is 20.3 Å². The minimum atomic E-state index is -0.618. The normalized spacial score (nSPS) is 10.9. The zero-order valence-corrected chi connectivity index (χ0v) is 8.83. The molecule has 0 aliphatic rings. The molecule has 0 bridgehead atoms. The molecule has 0 aromatic heterocycles. The molecule has 0 aliphatic carbocycles. The first kappa shape index (κ1) is 12.7. The first-order valence-corrected chi connectivity index (χ1v) is 4.63. The maximum atomic E-state index is 11.3. The second-order valence-electron chi connectivity index (χ2n) is 2.68. The van der Waals surface area contributed by atoms with Crippen LogP contribution in [0.5, 0.6) is 0 Å². The number of Topliss-reactive ketones (excluding diaryl/α,β-unsaturated/α-hetero) is 1. The van der Waals surface area contributed by atoms with Crippen molar-refractivity contribution < 1.29 is 19.1 Å². The molecule has 0 aromatic rings. The van der Waals surface area contributed by atoms with Gasteiger partial charge in [0.2, 0.25) is 0 Å². The summed E-state index contributed by atoms with van der Waals surface area (Å²) in [6, 6.07) is 0. The predicted octanol–water partition coefficient (Wildman–Crippen LogP) is 1.45. The third-order valence-corrected chi connectivity index (χ3v) is 1.40. The fraction of sp³-hybridized carbons (Fsp3) is 0.600. The van der Waals surface area contributed by atoms with Gasteiger partial charge in [-0.1, -0.05) is 6.92 Å². The number of rotatable bonds is 6. The van der Waals surface area contributed by atoms with Crippen LogP contribution in [0.3, 0.4) is 0 Å². The Labute approximate surface area is 83.9 Å². The Balaban J connectivity index is 4.34. The largest absolute Gasteiger partial charge is 0.500 e. The standard InChI is InChI=1S/C10H16O4/c1-4-6-14-10(12)9(8(3)11)7-13-5-2/h7H,4-6H2,1-3H3. The Morgan fingerprint density at radius 2 is 1.93 bits per heavy atom. The molecule has 0 aromatic carbocycles. The highest BCUT2D eigenvalue weighted by Crippen LogP contribution is 2.01. The van der Waals surface area contributed by atoms with E-state index in [1.807, 2.05) is 6.92 Å². The SMILES string of the molecule is CCCOC(=O)C(=COCC)C(C)=O. The van der Waals surface area contributed by atoms with Crippen LogP contribution >= 0.6 is 0 Å². The molecular weight excluding hydrogens is 184 g/mol. The molecule has 0 heterocycles. The van der Waals surface area contributed by atoms with Gasteiger partial charge in [-0.15, -0.1) is 0 Å². The van der Waals surface area contributed by atoms with Crippen LogP contribution in [0.4, 0.5) is 0 Å². The highest BCUT2D eigenvalue weighted by Gasteiger charge is 2.15. The van der Waals surface area contributed by atoms with Crippen LogP contribution in [0.25, 0.3) is 0 Å². The zero-order chi connectivity index (χ0) is 11.0. The predicted molar refractivity (Wildman–Crippen MR) is 51.6 cm³/mol. The van der Waals surface area contributed by atoms with Crippen molar-refractivity contribution in [2.45, 2.75) is 27.2 Å². The van der Waals surface area contributed by atoms with Crippen LogP contribution in [0.15, 0.2) is 11.8 Å². The smallest absolute Gasteiger partial charge is 0.344 e. The first-order chi connectivity index (χ1) is 6.63. The minimum absolute atomic E-state index is 0.0414. The molecule has 4 heteroatoms. The second kappa shape index (κ2) is 7.12. The lowest BCUT2D eigenvalue weighted by atomic mass is 10.2. The van der Waals surface area contributed by atoms with Gasteiger partial charge in [0.25, 0.3) is 0 Å². The summed E-state index contributed by atoms with van der Waals surface area (Å²) < 4.78 is 9.68. The molecule has 0 fully saturated rings. The molecule has 0 atom stereocenters. The fourth-order valence-corrected chi connectivity index (χ4v) is 0.714. The number of carbonyl (C=O) groups is 2. The molecule has 0 unspecified atom stereocenters. The topological polar surface area (TPSA) is 52.6 Å². The van der Waals surface area contributed by atoms with Crippen molar-refractivity contribution in [2.75, 3.05) is 13.2 Å². The van der Waals surface area contributed by atoms with Gasteiger partial charge in [0, 0.05) is 0 Å². The van der Waals surface area contributed by atoms with Crippen LogP contribution in [0.1, 0.15) is 27.2 Å². The van der Waals surface area contributed by atoms with Crippen LogP contribution < -0.4 is 0 Å². The molecule has 0 N–H and O–H groups in total. The van der Waals surface area contributed by atoms with Crippen LogP contribution in [0.2, 0.25) is 0 Å². The lowest BCUT2D eigenvalue weighted by molar-refractivity contribution is -0.140. The van der Waals surface area contributed by atoms with Gasteiger partial charge < -0.3 is 9.47 Å². The number of esters is 1. The Morgan fingerprint density at radius 1 is 1.29 bits per heavy atom. The third kappa shape index (κ3) is 4.64. The molecule has 0 saturated heterocycles. The summed E-state index contributed by atoms with van der Waals surface area (Å²) in [5.41, 5.74) is -0.0414. The Bertz CT molecular complexity index is 230. The molecule has 0 saturated carbocycles. The molecule has 0 aliphatic heterocycles. The highest BCUT2D eigenvalue weighted by atomic mass is 16.5. The summed E-state index contributed by atoms with van der Waals surface area (Å²) in [6.45, 7) is 5.68. The van der Waals surface area contributed by atoms with Gasteiger partial charge in [0.05, 0.1) is 13.2 Å². The fourth-order valence-electron chi connectivity index (χ4n) is 0.714. The first-order valence-electron chi connectivity index (χ1n) is 4.63. The number of hydrogen-bond acceptors (Lipinski definition) is 4. The maximum Gasteiger partial charge on any atom is 0.344 e. The number of carbonyl (C=O) groups excluding carboxylic acids is 2. The molecule has 14 heavy (non-hydrogen) atoms. The highest BCUT2D eigenvalue weighted by molar-refractivity contribution is 6.16. The average molecular weight is 200 g/mol. The average Bonchev–Trinajstić information content (AvgIpc) is 2.14. The van der Waals surface area contributed by atoms with Gasteiger partial charge in [-0.3, -0.25) is 4.79 Å². The molecule has 0 radical (unpaired) electrons. The summed E-state index contributed by atoms with van der Waals surface area (Å²) in [4.78, 5) is 22.3. The number of hydrogen-bond donors (Lipinski definition) is 0. The van der Waals surface area contributed by atoms with E-state index in [1.165, 1.54) is 6.92 Å². The van der Waals surface area contributed by atoms with Crippen molar-refractivity contribution >= 4 is 11.8 Å². The Hall–Kier alpha value is -1.32. The number of ether oxygens (including phenoxy) is 2. The van der Waals surface area contributed by atoms with Crippen LogP contribution in [-0.2, 0) is 19.1 Å². The van der Waals surface area contributed by atoms with Crippen molar-refractivity contribution in [1.82, 2.24) is 0 Å². The van der Waals surface area contributed by atoms with Crippen LogP contribution in [-0.4, -0.2) is 25.0 Å². The van der Waals surface area contributed by atoms with E-state index in [1.54, 1.807) is 6.92 Å². The van der Waals surface area contributed by atoms with Gasteiger partial charge in [-0.2, -0.15) is 0 Å². The van der Waals surface area contributed by atoms with Gasteiger partial charge in [0.15, 0.2) is 5.78 Å². The van der Waals surface area contributed by atoms with E-state index in [4.69, 9.17) is 9.47 Å². The monoisotopic (exact) mass is 200 g/mol. The third-order valence-electron chi connectivity index (χ3n) is 1.40.